The second kappa shape index (κ2) is 11.0. The molecule has 0 aliphatic heterocycles. The van der Waals surface area contributed by atoms with Gasteiger partial charge in [-0.3, -0.25) is 10.2 Å². The number of methoxy groups -OCH3 is 1. The fourth-order valence-corrected chi connectivity index (χ4v) is 3.29. The molecule has 0 saturated carbocycles. The number of rotatable bonds is 9. The minimum Gasteiger partial charge on any atom is -0.493 e. The molecule has 0 bridgehead atoms. The van der Waals surface area contributed by atoms with Crippen LogP contribution in [-0.4, -0.2) is 36.9 Å². The number of para-hydroxylation sites is 1. The Morgan fingerprint density at radius 2 is 1.81 bits per heavy atom. The number of nitrogens with zero attached hydrogens (tertiary/aromatic N) is 1. The monoisotopic (exact) mass is 497 g/mol. The Bertz CT molecular complexity index is 1140. The van der Waals surface area contributed by atoms with E-state index in [1.807, 2.05) is 18.2 Å². The van der Waals surface area contributed by atoms with E-state index in [0.717, 1.165) is 0 Å². The number of carbonyl (C=O) groups excluding carboxylic acids is 1. The Morgan fingerprint density at radius 1 is 1.06 bits per heavy atom. The number of benzene rings is 3. The quantitative estimate of drug-likeness (QED) is 0.294. The first-order valence-corrected chi connectivity index (χ1v) is 10.2. The zero-order valence-corrected chi connectivity index (χ0v) is 18.6. The summed E-state index contributed by atoms with van der Waals surface area (Å²) in [6.07, 6.45) is 1.55. The van der Waals surface area contributed by atoms with Crippen LogP contribution in [-0.2, 0) is 4.79 Å². The average Bonchev–Trinajstić information content (AvgIpc) is 2.79. The molecule has 3 N–H and O–H groups in total. The van der Waals surface area contributed by atoms with E-state index >= 15 is 0 Å². The van der Waals surface area contributed by atoms with Crippen molar-refractivity contribution < 1.29 is 24.2 Å². The van der Waals surface area contributed by atoms with Gasteiger partial charge in [-0.2, -0.15) is 5.10 Å². The van der Waals surface area contributed by atoms with Gasteiger partial charge < -0.3 is 19.9 Å². The van der Waals surface area contributed by atoms with Crippen LogP contribution in [0.5, 0.6) is 11.5 Å². The van der Waals surface area contributed by atoms with Gasteiger partial charge in [0.05, 0.1) is 29.0 Å². The van der Waals surface area contributed by atoms with Crippen LogP contribution >= 0.6 is 15.9 Å². The number of carbonyl (C=O) groups is 2. The van der Waals surface area contributed by atoms with Gasteiger partial charge in [-0.25, -0.2) is 4.79 Å². The SMILES string of the molecule is COc1cc(C=NNc2cccc(C(=O)O)c2)cc(Br)c1OCC(=O)Nc1ccccc1. The van der Waals surface area contributed by atoms with Crippen LogP contribution in [0, 0.1) is 0 Å². The van der Waals surface area contributed by atoms with Crippen molar-refractivity contribution in [2.75, 3.05) is 24.5 Å². The predicted octanol–water partition coefficient (Wildman–Crippen LogP) is 4.62. The van der Waals surface area contributed by atoms with Gasteiger partial charge in [0.15, 0.2) is 18.1 Å². The molecule has 3 aromatic carbocycles. The first-order chi connectivity index (χ1) is 15.5. The van der Waals surface area contributed by atoms with Gasteiger partial charge in [0.2, 0.25) is 0 Å². The highest BCUT2D eigenvalue weighted by atomic mass is 79.9. The normalized spacial score (nSPS) is 10.6. The van der Waals surface area contributed by atoms with Crippen LogP contribution < -0.4 is 20.2 Å². The molecule has 0 aliphatic rings. The van der Waals surface area contributed by atoms with E-state index in [1.165, 1.54) is 19.2 Å². The van der Waals surface area contributed by atoms with Crippen LogP contribution in [0.25, 0.3) is 0 Å². The fourth-order valence-electron chi connectivity index (χ4n) is 2.71. The summed E-state index contributed by atoms with van der Waals surface area (Å²) in [6.45, 7) is -0.196. The van der Waals surface area contributed by atoms with Crippen molar-refractivity contribution in [3.05, 3.63) is 82.3 Å². The highest BCUT2D eigenvalue weighted by Crippen LogP contribution is 2.36. The summed E-state index contributed by atoms with van der Waals surface area (Å²) >= 11 is 3.43. The molecule has 0 fully saturated rings. The lowest BCUT2D eigenvalue weighted by molar-refractivity contribution is -0.118. The maximum absolute atomic E-state index is 12.1. The molecule has 3 rings (SSSR count). The van der Waals surface area contributed by atoms with Crippen LogP contribution in [0.3, 0.4) is 0 Å². The lowest BCUT2D eigenvalue weighted by Crippen LogP contribution is -2.20. The van der Waals surface area contributed by atoms with E-state index in [2.05, 4.69) is 31.8 Å². The summed E-state index contributed by atoms with van der Waals surface area (Å²) in [7, 11) is 1.50. The highest BCUT2D eigenvalue weighted by molar-refractivity contribution is 9.10. The van der Waals surface area contributed by atoms with Gasteiger partial charge in [-0.15, -0.1) is 0 Å². The molecule has 0 unspecified atom stereocenters. The second-order valence-electron chi connectivity index (χ2n) is 6.49. The van der Waals surface area contributed by atoms with Crippen molar-refractivity contribution >= 4 is 45.4 Å². The number of ether oxygens (including phenoxy) is 2. The van der Waals surface area contributed by atoms with Gasteiger partial charge in [0.1, 0.15) is 0 Å². The molecule has 0 aromatic heterocycles. The number of nitrogens with one attached hydrogen (secondary N) is 2. The number of hydrogen-bond acceptors (Lipinski definition) is 6. The van der Waals surface area contributed by atoms with Crippen molar-refractivity contribution in [2.45, 2.75) is 0 Å². The first-order valence-electron chi connectivity index (χ1n) is 9.44. The van der Waals surface area contributed by atoms with E-state index in [4.69, 9.17) is 14.6 Å². The molecule has 1 amide bonds. The summed E-state index contributed by atoms with van der Waals surface area (Å²) < 4.78 is 11.6. The van der Waals surface area contributed by atoms with Crippen molar-refractivity contribution in [3.8, 4) is 11.5 Å². The van der Waals surface area contributed by atoms with Crippen molar-refractivity contribution in [2.24, 2.45) is 5.10 Å². The number of amides is 1. The largest absolute Gasteiger partial charge is 0.493 e. The summed E-state index contributed by atoms with van der Waals surface area (Å²) in [5, 5.41) is 15.9. The first kappa shape index (κ1) is 22.8. The van der Waals surface area contributed by atoms with E-state index in [9.17, 15) is 9.59 Å². The minimum absolute atomic E-state index is 0.160. The number of hydrazone groups is 1. The Morgan fingerprint density at radius 3 is 2.53 bits per heavy atom. The molecule has 9 heteroatoms. The summed E-state index contributed by atoms with van der Waals surface area (Å²) in [6, 6.07) is 18.9. The summed E-state index contributed by atoms with van der Waals surface area (Å²) in [4.78, 5) is 23.2. The lowest BCUT2D eigenvalue weighted by Gasteiger charge is -2.13. The topological polar surface area (TPSA) is 109 Å². The fraction of sp³-hybridized carbons (Fsp3) is 0.0870. The number of aromatic carboxylic acids is 1. The molecule has 8 nitrogen and oxygen atoms in total. The minimum atomic E-state index is -1.01. The number of hydrogen-bond donors (Lipinski definition) is 3. The average molecular weight is 498 g/mol. The Hall–Kier alpha value is -3.85. The van der Waals surface area contributed by atoms with Crippen molar-refractivity contribution in [1.29, 1.82) is 0 Å². The third kappa shape index (κ3) is 6.32. The Labute approximate surface area is 193 Å². The number of halogens is 1. The Kier molecular flexibility index (Phi) is 7.82. The second-order valence-corrected chi connectivity index (χ2v) is 7.35. The molecular weight excluding hydrogens is 478 g/mol. The molecule has 164 valence electrons. The van der Waals surface area contributed by atoms with Gasteiger partial charge in [0, 0.05) is 5.69 Å². The summed E-state index contributed by atoms with van der Waals surface area (Å²) in [5.74, 6) is -0.515. The number of carboxylic acid groups (broad SMARTS) is 1. The standard InChI is InChI=1S/C23H20BrN3O5/c1-31-20-11-15(13-25-27-18-9-5-6-16(12-18)23(29)30)10-19(24)22(20)32-14-21(28)26-17-7-3-2-4-8-17/h2-13,27H,14H2,1H3,(H,26,28)(H,29,30). The molecule has 0 spiro atoms. The molecule has 0 heterocycles. The van der Waals surface area contributed by atoms with Crippen molar-refractivity contribution in [3.63, 3.8) is 0 Å². The molecule has 0 radical (unpaired) electrons. The molecule has 3 aromatic rings. The van der Waals surface area contributed by atoms with Crippen LogP contribution in [0.15, 0.2) is 76.3 Å². The molecule has 0 saturated heterocycles. The van der Waals surface area contributed by atoms with Gasteiger partial charge in [-0.1, -0.05) is 24.3 Å². The number of anilines is 2. The third-order valence-corrected chi connectivity index (χ3v) is 4.76. The van der Waals surface area contributed by atoms with Gasteiger partial charge in [0.25, 0.3) is 5.91 Å². The van der Waals surface area contributed by atoms with E-state index in [-0.39, 0.29) is 18.1 Å². The van der Waals surface area contributed by atoms with E-state index in [1.54, 1.807) is 42.6 Å². The lowest BCUT2D eigenvalue weighted by atomic mass is 10.2. The zero-order chi connectivity index (χ0) is 22.9. The van der Waals surface area contributed by atoms with Crippen LogP contribution in [0.2, 0.25) is 0 Å². The van der Waals surface area contributed by atoms with E-state index < -0.39 is 5.97 Å². The smallest absolute Gasteiger partial charge is 0.335 e. The molecule has 0 atom stereocenters. The number of carboxylic acids is 1. The van der Waals surface area contributed by atoms with Gasteiger partial charge >= 0.3 is 5.97 Å². The van der Waals surface area contributed by atoms with Gasteiger partial charge in [-0.05, 0) is 64.0 Å². The molecule has 32 heavy (non-hydrogen) atoms. The molecule has 0 aliphatic carbocycles. The highest BCUT2D eigenvalue weighted by Gasteiger charge is 2.13. The maximum Gasteiger partial charge on any atom is 0.335 e. The third-order valence-electron chi connectivity index (χ3n) is 4.17. The molecular formula is C23H20BrN3O5. The zero-order valence-electron chi connectivity index (χ0n) is 17.0. The maximum atomic E-state index is 12.1. The van der Waals surface area contributed by atoms with Crippen LogP contribution in [0.4, 0.5) is 11.4 Å². The van der Waals surface area contributed by atoms with Crippen molar-refractivity contribution in [1.82, 2.24) is 0 Å². The van der Waals surface area contributed by atoms with Crippen LogP contribution in [0.1, 0.15) is 15.9 Å². The Balaban J connectivity index is 1.65. The predicted molar refractivity (Wildman–Crippen MR) is 126 cm³/mol. The van der Waals surface area contributed by atoms with E-state index in [0.29, 0.717) is 32.9 Å². The summed E-state index contributed by atoms with van der Waals surface area (Å²) in [5.41, 5.74) is 4.86.